The lowest BCUT2D eigenvalue weighted by atomic mass is 10.2. The zero-order valence-electron chi connectivity index (χ0n) is 11.4. The van der Waals surface area contributed by atoms with Gasteiger partial charge in [0, 0.05) is 37.9 Å². The first kappa shape index (κ1) is 13.6. The van der Waals surface area contributed by atoms with Gasteiger partial charge in [0.2, 0.25) is 5.91 Å². The van der Waals surface area contributed by atoms with E-state index in [0.717, 1.165) is 38.4 Å². The van der Waals surface area contributed by atoms with E-state index in [4.69, 9.17) is 0 Å². The molecule has 1 aliphatic rings. The second-order valence-corrected chi connectivity index (χ2v) is 4.58. The third-order valence-corrected chi connectivity index (χ3v) is 3.41. The van der Waals surface area contributed by atoms with E-state index < -0.39 is 0 Å². The highest BCUT2D eigenvalue weighted by Crippen LogP contribution is 2.20. The molecule has 0 spiro atoms. The van der Waals surface area contributed by atoms with Gasteiger partial charge >= 0.3 is 0 Å². The average Bonchev–Trinajstić information content (AvgIpc) is 2.47. The Morgan fingerprint density at radius 1 is 1.47 bits per heavy atom. The van der Waals surface area contributed by atoms with E-state index in [1.807, 2.05) is 18.2 Å². The SMILES string of the molecule is C=CC(=O)Nc1[c]ccc(N2CCN(CC)CC2)c1. The van der Waals surface area contributed by atoms with Gasteiger partial charge in [0.15, 0.2) is 0 Å². The molecule has 2 rings (SSSR count). The number of carbonyl (C=O) groups excluding carboxylic acids is 1. The second kappa shape index (κ2) is 6.38. The molecule has 19 heavy (non-hydrogen) atoms. The molecule has 1 aromatic carbocycles. The molecule has 1 heterocycles. The van der Waals surface area contributed by atoms with Gasteiger partial charge in [-0.05, 0) is 24.8 Å². The van der Waals surface area contributed by atoms with Gasteiger partial charge in [-0.1, -0.05) is 19.6 Å². The zero-order valence-corrected chi connectivity index (χ0v) is 11.4. The molecule has 0 aromatic heterocycles. The van der Waals surface area contributed by atoms with Crippen molar-refractivity contribution in [3.63, 3.8) is 0 Å². The topological polar surface area (TPSA) is 35.6 Å². The van der Waals surface area contributed by atoms with Crippen LogP contribution in [-0.4, -0.2) is 43.5 Å². The molecule has 1 saturated heterocycles. The Morgan fingerprint density at radius 3 is 2.84 bits per heavy atom. The molecule has 1 fully saturated rings. The minimum Gasteiger partial charge on any atom is -0.369 e. The van der Waals surface area contributed by atoms with Crippen molar-refractivity contribution in [2.45, 2.75) is 6.92 Å². The largest absolute Gasteiger partial charge is 0.369 e. The van der Waals surface area contributed by atoms with Crippen molar-refractivity contribution < 1.29 is 4.79 Å². The quantitative estimate of drug-likeness (QED) is 0.836. The van der Waals surface area contributed by atoms with Crippen LogP contribution in [0, 0.1) is 6.07 Å². The summed E-state index contributed by atoms with van der Waals surface area (Å²) < 4.78 is 0. The van der Waals surface area contributed by atoms with Crippen molar-refractivity contribution in [2.24, 2.45) is 0 Å². The number of hydrogen-bond acceptors (Lipinski definition) is 3. The highest BCUT2D eigenvalue weighted by Gasteiger charge is 2.15. The van der Waals surface area contributed by atoms with Gasteiger partial charge in [0.25, 0.3) is 0 Å². The molecule has 1 N–H and O–H groups in total. The first-order valence-corrected chi connectivity index (χ1v) is 6.65. The first-order valence-electron chi connectivity index (χ1n) is 6.65. The number of likely N-dealkylation sites (N-methyl/N-ethyl adjacent to an activating group) is 1. The fourth-order valence-corrected chi connectivity index (χ4v) is 2.23. The monoisotopic (exact) mass is 258 g/mol. The Morgan fingerprint density at radius 2 is 2.21 bits per heavy atom. The Kier molecular flexibility index (Phi) is 4.58. The van der Waals surface area contributed by atoms with E-state index in [9.17, 15) is 4.79 Å². The molecule has 1 aliphatic heterocycles. The number of amides is 1. The van der Waals surface area contributed by atoms with Crippen LogP contribution in [0.4, 0.5) is 11.4 Å². The lowest BCUT2D eigenvalue weighted by molar-refractivity contribution is -0.111. The summed E-state index contributed by atoms with van der Waals surface area (Å²) in [6.45, 7) is 11.0. The van der Waals surface area contributed by atoms with Crippen LogP contribution >= 0.6 is 0 Å². The van der Waals surface area contributed by atoms with Crippen LogP contribution in [0.25, 0.3) is 0 Å². The van der Waals surface area contributed by atoms with Crippen molar-refractivity contribution in [1.82, 2.24) is 4.90 Å². The van der Waals surface area contributed by atoms with Gasteiger partial charge in [-0.3, -0.25) is 4.79 Å². The molecule has 4 nitrogen and oxygen atoms in total. The standard InChI is InChI=1S/C15H20N3O/c1-3-15(19)16-13-6-5-7-14(12-13)18-10-8-17(4-2)9-11-18/h3,5,7,12H,1,4,8-11H2,2H3,(H,16,19). The van der Waals surface area contributed by atoms with Crippen molar-refractivity contribution in [3.8, 4) is 0 Å². The van der Waals surface area contributed by atoms with Crippen molar-refractivity contribution in [2.75, 3.05) is 42.9 Å². The summed E-state index contributed by atoms with van der Waals surface area (Å²) in [7, 11) is 0. The third kappa shape index (κ3) is 3.58. The van der Waals surface area contributed by atoms with Gasteiger partial charge in [0.1, 0.15) is 0 Å². The molecular weight excluding hydrogens is 238 g/mol. The molecule has 1 radical (unpaired) electrons. The van der Waals surface area contributed by atoms with E-state index in [-0.39, 0.29) is 5.91 Å². The Balaban J connectivity index is 2.02. The van der Waals surface area contributed by atoms with E-state index in [0.29, 0.717) is 5.69 Å². The fourth-order valence-electron chi connectivity index (χ4n) is 2.23. The Hall–Kier alpha value is -1.81. The predicted molar refractivity (Wildman–Crippen MR) is 78.4 cm³/mol. The molecule has 101 valence electrons. The minimum atomic E-state index is -0.204. The van der Waals surface area contributed by atoms with E-state index in [1.54, 1.807) is 0 Å². The third-order valence-electron chi connectivity index (χ3n) is 3.41. The maximum Gasteiger partial charge on any atom is 0.247 e. The van der Waals surface area contributed by atoms with Crippen LogP contribution in [0.1, 0.15) is 6.92 Å². The number of benzene rings is 1. The summed E-state index contributed by atoms with van der Waals surface area (Å²) >= 11 is 0. The second-order valence-electron chi connectivity index (χ2n) is 4.58. The highest BCUT2D eigenvalue weighted by molar-refractivity contribution is 5.99. The van der Waals surface area contributed by atoms with Crippen LogP contribution in [0.5, 0.6) is 0 Å². The number of anilines is 2. The summed E-state index contributed by atoms with van der Waals surface area (Å²) in [6, 6.07) is 8.86. The van der Waals surface area contributed by atoms with E-state index in [1.165, 1.54) is 6.08 Å². The summed E-state index contributed by atoms with van der Waals surface area (Å²) in [4.78, 5) is 16.1. The molecule has 0 atom stereocenters. The van der Waals surface area contributed by atoms with Gasteiger partial charge in [-0.15, -0.1) is 0 Å². The van der Waals surface area contributed by atoms with Crippen LogP contribution < -0.4 is 10.2 Å². The number of rotatable bonds is 4. The Labute approximate surface area is 114 Å². The van der Waals surface area contributed by atoms with Gasteiger partial charge in [-0.25, -0.2) is 0 Å². The summed E-state index contributed by atoms with van der Waals surface area (Å²) in [6.07, 6.45) is 1.26. The Bertz CT molecular complexity index is 450. The molecular formula is C15H20N3O. The molecule has 0 saturated carbocycles. The number of piperazine rings is 1. The van der Waals surface area contributed by atoms with Gasteiger partial charge < -0.3 is 15.1 Å². The van der Waals surface area contributed by atoms with Crippen LogP contribution in [0.3, 0.4) is 0 Å². The summed E-state index contributed by atoms with van der Waals surface area (Å²) in [5.74, 6) is -0.204. The van der Waals surface area contributed by atoms with Crippen molar-refractivity contribution >= 4 is 17.3 Å². The van der Waals surface area contributed by atoms with E-state index >= 15 is 0 Å². The summed E-state index contributed by atoms with van der Waals surface area (Å²) in [5, 5.41) is 2.74. The smallest absolute Gasteiger partial charge is 0.247 e. The molecule has 0 aliphatic carbocycles. The predicted octanol–water partition coefficient (Wildman–Crippen LogP) is 1.75. The number of nitrogens with zero attached hydrogens (tertiary/aromatic N) is 2. The molecule has 1 aromatic rings. The minimum absolute atomic E-state index is 0.204. The molecule has 4 heteroatoms. The average molecular weight is 258 g/mol. The maximum atomic E-state index is 11.3. The first-order chi connectivity index (χ1) is 9.22. The van der Waals surface area contributed by atoms with Crippen LogP contribution in [0.2, 0.25) is 0 Å². The lowest BCUT2D eigenvalue weighted by Crippen LogP contribution is -2.46. The maximum absolute atomic E-state index is 11.3. The fraction of sp³-hybridized carbons (Fsp3) is 0.400. The van der Waals surface area contributed by atoms with Crippen LogP contribution in [-0.2, 0) is 4.79 Å². The van der Waals surface area contributed by atoms with E-state index in [2.05, 4.69) is 34.7 Å². The summed E-state index contributed by atoms with van der Waals surface area (Å²) in [5.41, 5.74) is 1.83. The normalized spacial score (nSPS) is 16.2. The van der Waals surface area contributed by atoms with Crippen molar-refractivity contribution in [3.05, 3.63) is 36.9 Å². The molecule has 0 unspecified atom stereocenters. The van der Waals surface area contributed by atoms with Gasteiger partial charge in [-0.2, -0.15) is 0 Å². The number of carbonyl (C=O) groups is 1. The van der Waals surface area contributed by atoms with Crippen molar-refractivity contribution in [1.29, 1.82) is 0 Å². The van der Waals surface area contributed by atoms with Gasteiger partial charge in [0.05, 0.1) is 5.69 Å². The lowest BCUT2D eigenvalue weighted by Gasteiger charge is -2.35. The molecule has 1 amide bonds. The number of hydrogen-bond donors (Lipinski definition) is 1. The molecule has 0 bridgehead atoms. The van der Waals surface area contributed by atoms with Crippen LogP contribution in [0.15, 0.2) is 30.9 Å². The highest BCUT2D eigenvalue weighted by atomic mass is 16.1. The zero-order chi connectivity index (χ0) is 13.7. The number of nitrogens with one attached hydrogen (secondary N) is 1.